The van der Waals surface area contributed by atoms with Crippen molar-refractivity contribution >= 4 is 39.9 Å². The molecule has 9 heteroatoms. The van der Waals surface area contributed by atoms with E-state index in [-0.39, 0.29) is 22.3 Å². The first-order valence-corrected chi connectivity index (χ1v) is 10.4. The number of H-pyrrole nitrogens is 1. The van der Waals surface area contributed by atoms with Gasteiger partial charge in [-0.3, -0.25) is 19.3 Å². The number of halogens is 2. The van der Waals surface area contributed by atoms with Gasteiger partial charge in [0, 0.05) is 18.0 Å². The van der Waals surface area contributed by atoms with E-state index in [1.54, 1.807) is 12.1 Å². The van der Waals surface area contributed by atoms with E-state index in [9.17, 15) is 9.59 Å². The minimum absolute atomic E-state index is 0.0609. The summed E-state index contributed by atoms with van der Waals surface area (Å²) in [7, 11) is 0. The molecule has 0 spiro atoms. The number of ketones is 1. The summed E-state index contributed by atoms with van der Waals surface area (Å²) in [5, 5.41) is 4.97. The van der Waals surface area contributed by atoms with Gasteiger partial charge < -0.3 is 4.74 Å². The summed E-state index contributed by atoms with van der Waals surface area (Å²) in [5.41, 5.74) is 2.73. The van der Waals surface area contributed by atoms with Crippen LogP contribution in [0.25, 0.3) is 10.9 Å². The number of pyridine rings is 1. The molecule has 0 bridgehead atoms. The van der Waals surface area contributed by atoms with E-state index in [0.717, 1.165) is 10.9 Å². The third-order valence-electron chi connectivity index (χ3n) is 5.11. The van der Waals surface area contributed by atoms with Crippen LogP contribution in [0.15, 0.2) is 51.9 Å². The first-order chi connectivity index (χ1) is 15.0. The van der Waals surface area contributed by atoms with Gasteiger partial charge in [-0.25, -0.2) is 4.79 Å². The fraction of sp³-hybridized carbons (Fsp3) is 0.182. The number of ether oxygens (including phenoxy) is 1. The van der Waals surface area contributed by atoms with Crippen molar-refractivity contribution in [2.24, 2.45) is 0 Å². The van der Waals surface area contributed by atoms with Gasteiger partial charge in [0.1, 0.15) is 5.75 Å². The van der Waals surface area contributed by atoms with E-state index in [1.807, 2.05) is 24.4 Å². The summed E-state index contributed by atoms with van der Waals surface area (Å²) in [4.78, 5) is 29.9. The highest BCUT2D eigenvalue weighted by Gasteiger charge is 2.25. The Labute approximate surface area is 185 Å². The van der Waals surface area contributed by atoms with Crippen LogP contribution in [-0.4, -0.2) is 20.9 Å². The lowest BCUT2D eigenvalue weighted by Crippen LogP contribution is -2.08. The van der Waals surface area contributed by atoms with Crippen LogP contribution < -0.4 is 10.5 Å². The van der Waals surface area contributed by atoms with Crippen LogP contribution in [0.3, 0.4) is 0 Å². The van der Waals surface area contributed by atoms with E-state index in [4.69, 9.17) is 27.9 Å². The van der Waals surface area contributed by atoms with Crippen molar-refractivity contribution in [2.75, 3.05) is 0 Å². The summed E-state index contributed by atoms with van der Waals surface area (Å²) in [6.45, 7) is 0. The van der Waals surface area contributed by atoms with E-state index >= 15 is 0 Å². The quantitative estimate of drug-likeness (QED) is 0.395. The molecule has 31 heavy (non-hydrogen) atoms. The maximum Gasteiger partial charge on any atom is 0.439 e. The van der Waals surface area contributed by atoms with Crippen LogP contribution in [-0.2, 0) is 6.42 Å². The molecule has 156 valence electrons. The van der Waals surface area contributed by atoms with Crippen LogP contribution in [0.2, 0.25) is 10.0 Å². The molecule has 4 aromatic rings. The Balaban J connectivity index is 1.41. The Morgan fingerprint density at radius 2 is 1.94 bits per heavy atom. The zero-order valence-electron chi connectivity index (χ0n) is 16.0. The Morgan fingerprint density at radius 3 is 2.61 bits per heavy atom. The maximum absolute atomic E-state index is 12.2. The van der Waals surface area contributed by atoms with Gasteiger partial charge in [0.05, 0.1) is 15.6 Å². The van der Waals surface area contributed by atoms with Crippen molar-refractivity contribution in [1.82, 2.24) is 15.1 Å². The Morgan fingerprint density at radius 1 is 1.16 bits per heavy atom. The normalized spacial score (nSPS) is 13.5. The highest BCUT2D eigenvalue weighted by Crippen LogP contribution is 2.44. The lowest BCUT2D eigenvalue weighted by Gasteiger charge is -2.13. The predicted octanol–water partition coefficient (Wildman–Crippen LogP) is 5.31. The third-order valence-corrected chi connectivity index (χ3v) is 5.67. The second-order valence-corrected chi connectivity index (χ2v) is 8.20. The molecule has 5 rings (SSSR count). The number of nitrogens with one attached hydrogen (secondary N) is 1. The highest BCUT2D eigenvalue weighted by atomic mass is 35.5. The SMILES string of the molecule is O=C(Cc1cc(Cl)c(Oc2ccc3nccc(C4CC4)c3c2)c(Cl)c1)c1noc(=O)[nH]1. The van der Waals surface area contributed by atoms with Gasteiger partial charge in [-0.05, 0) is 66.3 Å². The van der Waals surface area contributed by atoms with E-state index < -0.39 is 11.5 Å². The molecule has 0 atom stereocenters. The zero-order valence-corrected chi connectivity index (χ0v) is 17.5. The van der Waals surface area contributed by atoms with Crippen LogP contribution in [0.5, 0.6) is 11.5 Å². The van der Waals surface area contributed by atoms with Crippen molar-refractivity contribution in [3.63, 3.8) is 0 Å². The molecule has 0 aliphatic heterocycles. The lowest BCUT2D eigenvalue weighted by atomic mass is 10.1. The smallest absolute Gasteiger partial charge is 0.439 e. The predicted molar refractivity (Wildman–Crippen MR) is 115 cm³/mol. The molecule has 0 saturated heterocycles. The summed E-state index contributed by atoms with van der Waals surface area (Å²) in [5.74, 6) is 0.0823. The number of aromatic amines is 1. The van der Waals surface area contributed by atoms with Gasteiger partial charge in [-0.2, -0.15) is 0 Å². The number of rotatable bonds is 6. The molecular formula is C22H15Cl2N3O4. The van der Waals surface area contributed by atoms with Crippen LogP contribution >= 0.6 is 23.2 Å². The van der Waals surface area contributed by atoms with Gasteiger partial charge in [0.15, 0.2) is 5.75 Å². The molecule has 7 nitrogen and oxygen atoms in total. The van der Waals surface area contributed by atoms with E-state index in [1.165, 1.54) is 18.4 Å². The lowest BCUT2D eigenvalue weighted by molar-refractivity contribution is 0.0980. The molecule has 1 fully saturated rings. The minimum atomic E-state index is -0.793. The second-order valence-electron chi connectivity index (χ2n) is 7.39. The first-order valence-electron chi connectivity index (χ1n) is 9.61. The second kappa shape index (κ2) is 7.83. The van der Waals surface area contributed by atoms with Gasteiger partial charge in [-0.1, -0.05) is 28.4 Å². The number of nitrogens with zero attached hydrogens (tertiary/aromatic N) is 2. The van der Waals surface area contributed by atoms with Crippen LogP contribution in [0, 0.1) is 0 Å². The van der Waals surface area contributed by atoms with Gasteiger partial charge in [0.25, 0.3) is 0 Å². The average molecular weight is 456 g/mol. The van der Waals surface area contributed by atoms with Crippen molar-refractivity contribution in [1.29, 1.82) is 0 Å². The Kier molecular flexibility index (Phi) is 5.00. The summed E-state index contributed by atoms with van der Waals surface area (Å²) in [6, 6.07) is 10.9. The Bertz CT molecular complexity index is 1350. The molecule has 2 aromatic carbocycles. The maximum atomic E-state index is 12.2. The number of aromatic nitrogens is 3. The van der Waals surface area contributed by atoms with Crippen molar-refractivity contribution < 1.29 is 14.1 Å². The minimum Gasteiger partial charge on any atom is -0.454 e. The molecule has 2 heterocycles. The topological polar surface area (TPSA) is 98.1 Å². The van der Waals surface area contributed by atoms with Gasteiger partial charge in [-0.15, -0.1) is 0 Å². The first kappa shape index (κ1) is 19.8. The van der Waals surface area contributed by atoms with Crippen LogP contribution in [0.4, 0.5) is 0 Å². The van der Waals surface area contributed by atoms with E-state index in [0.29, 0.717) is 23.0 Å². The average Bonchev–Trinajstić information content (AvgIpc) is 3.50. The number of fused-ring (bicyclic) bond motifs is 1. The molecule has 1 N–H and O–H groups in total. The van der Waals surface area contributed by atoms with Gasteiger partial charge in [0.2, 0.25) is 11.6 Å². The molecule has 1 aliphatic rings. The fourth-order valence-electron chi connectivity index (χ4n) is 3.51. The summed E-state index contributed by atoms with van der Waals surface area (Å²) in [6.07, 6.45) is 4.14. The van der Waals surface area contributed by atoms with Crippen molar-refractivity contribution in [2.45, 2.75) is 25.2 Å². The van der Waals surface area contributed by atoms with Crippen LogP contribution in [0.1, 0.15) is 40.5 Å². The summed E-state index contributed by atoms with van der Waals surface area (Å²) < 4.78 is 10.4. The molecule has 1 saturated carbocycles. The van der Waals surface area contributed by atoms with E-state index in [2.05, 4.69) is 25.7 Å². The number of carbonyl (C=O) groups excluding carboxylic acids is 1. The zero-order chi connectivity index (χ0) is 21.5. The monoisotopic (exact) mass is 455 g/mol. The molecule has 0 radical (unpaired) electrons. The standard InChI is InChI=1S/C22H15Cl2N3O4/c23-16-7-11(9-19(28)21-26-22(29)31-27-21)8-17(24)20(16)30-13-3-4-18-15(10-13)14(5-6-25-18)12-1-2-12/h3-8,10,12H,1-2,9H2,(H,26,27,29). The number of hydrogen-bond donors (Lipinski definition) is 1. The number of benzene rings is 2. The molecule has 2 aromatic heterocycles. The molecule has 0 unspecified atom stereocenters. The Hall–Kier alpha value is -3.16. The van der Waals surface area contributed by atoms with Gasteiger partial charge >= 0.3 is 5.76 Å². The molecule has 1 aliphatic carbocycles. The number of hydrogen-bond acceptors (Lipinski definition) is 6. The number of carbonyl (C=O) groups is 1. The molecule has 0 amide bonds. The largest absolute Gasteiger partial charge is 0.454 e. The third kappa shape index (κ3) is 4.06. The highest BCUT2D eigenvalue weighted by molar-refractivity contribution is 6.37. The number of Topliss-reactive ketones (excluding diaryl/α,β-unsaturated/α-hetero) is 1. The summed E-state index contributed by atoms with van der Waals surface area (Å²) >= 11 is 12.8. The van der Waals surface area contributed by atoms with Crippen molar-refractivity contribution in [3.05, 3.63) is 80.1 Å². The fourth-order valence-corrected chi connectivity index (χ4v) is 4.12. The molecular weight excluding hydrogens is 441 g/mol. The van der Waals surface area contributed by atoms with Crippen molar-refractivity contribution in [3.8, 4) is 11.5 Å².